The van der Waals surface area contributed by atoms with Gasteiger partial charge in [0.15, 0.2) is 24.6 Å². The largest absolute Gasteiger partial charge is 0.245 e. The Morgan fingerprint density at radius 1 is 0.351 bits per heavy atom. The molecule has 0 amide bonds. The van der Waals surface area contributed by atoms with Gasteiger partial charge in [0.05, 0.1) is 28.2 Å². The molecule has 10 bridgehead atoms. The summed E-state index contributed by atoms with van der Waals surface area (Å²) in [5, 5.41) is 0. The number of pyridine rings is 3. The second-order valence-electron chi connectivity index (χ2n) is 21.7. The standard InChI is InChI=1S/C74H46N3/c1-2-16-45(17-3-1)46-27-29-47(30-28-46)59-42-61-62-43-60(59)54-21-7-8-22-55(54)66-44-74(77-37-15-12-26-70(61)77)67(56-23-9-6-19-52(56)49-32-34-58-64(39-49)73(71(62)74)76-36-14-11-25-69(58)76)41-50-40-65(66)72-63-38-48(51-18-4-5-20-53(50)51)31-33-57(63)68-24-10-13-35-75(68)72/h1-44,65,72H/q+3/b50-40+,66-44-,67-41-,73-71-. The van der Waals surface area contributed by atoms with Crippen LogP contribution in [0.3, 0.4) is 0 Å². The molecule has 3 nitrogen and oxygen atoms in total. The predicted octanol–water partition coefficient (Wildman–Crippen LogP) is 15.7. The average molecular weight is 977 g/mol. The molecule has 7 aliphatic rings. The van der Waals surface area contributed by atoms with Crippen molar-refractivity contribution in [2.75, 3.05) is 0 Å². The maximum Gasteiger partial charge on any atom is 0.245 e. The van der Waals surface area contributed by atoms with E-state index >= 15 is 0 Å². The number of hydrogen-bond acceptors (Lipinski definition) is 0. The lowest BCUT2D eigenvalue weighted by molar-refractivity contribution is -0.714. The van der Waals surface area contributed by atoms with Crippen molar-refractivity contribution in [2.24, 2.45) is 5.92 Å². The Kier molecular flexibility index (Phi) is 8.17. The van der Waals surface area contributed by atoms with Crippen molar-refractivity contribution < 1.29 is 13.7 Å². The fraction of sp³-hybridized carbons (Fsp3) is 0.0405. The minimum atomic E-state index is -0.933. The highest BCUT2D eigenvalue weighted by atomic mass is 15.1. The molecule has 0 saturated carbocycles. The highest BCUT2D eigenvalue weighted by molar-refractivity contribution is 6.13. The summed E-state index contributed by atoms with van der Waals surface area (Å²) in [5.41, 5.74) is 32.4. The molecule has 4 aliphatic carbocycles. The fourth-order valence-electron chi connectivity index (χ4n) is 14.9. The van der Waals surface area contributed by atoms with E-state index in [0.717, 1.165) is 0 Å². The highest BCUT2D eigenvalue weighted by Gasteiger charge is 2.60. The van der Waals surface area contributed by atoms with Crippen molar-refractivity contribution in [1.29, 1.82) is 0 Å². The molecule has 3 unspecified atom stereocenters. The third kappa shape index (κ3) is 5.47. The van der Waals surface area contributed by atoms with Gasteiger partial charge in [-0.15, -0.1) is 0 Å². The highest BCUT2D eigenvalue weighted by Crippen LogP contribution is 2.61. The summed E-state index contributed by atoms with van der Waals surface area (Å²) in [7, 11) is 0. The lowest BCUT2D eigenvalue weighted by Crippen LogP contribution is -2.60. The number of rotatable bonds is 2. The molecular weight excluding hydrogens is 931 g/mol. The SMILES string of the molecule is C1=C2/c3ccccc3-c3ccc4c(c3)/C(=C3\c5cc6c(-c7ccc(-c8ccccc8)cc7)cc5-c5cccc[n+]5C23/C=C(/c2ccccc2-6)C2\C=C/1c1ccccc1-c1ccc3c(c1)C2[n+]1ccccc1-3)[n+]1ccccc1-4. The zero-order valence-corrected chi connectivity index (χ0v) is 41.9. The first-order valence-electron chi connectivity index (χ1n) is 27.0. The molecule has 8 aromatic carbocycles. The summed E-state index contributed by atoms with van der Waals surface area (Å²) in [6, 6.07) is 87.8. The van der Waals surface area contributed by atoms with Crippen molar-refractivity contribution in [1.82, 2.24) is 0 Å². The minimum absolute atomic E-state index is 0.0627. The van der Waals surface area contributed by atoms with Gasteiger partial charge in [-0.25, -0.2) is 0 Å². The van der Waals surface area contributed by atoms with E-state index in [1.807, 2.05) is 0 Å². The first-order chi connectivity index (χ1) is 38.2. The molecule has 3 heteroatoms. The molecule has 0 radical (unpaired) electrons. The molecule has 11 aromatic rings. The first-order valence-corrected chi connectivity index (χ1v) is 27.0. The van der Waals surface area contributed by atoms with E-state index in [2.05, 4.69) is 281 Å². The third-order valence-electron chi connectivity index (χ3n) is 18.1. The molecule has 3 aromatic heterocycles. The molecule has 0 saturated heterocycles. The molecule has 354 valence electrons. The van der Waals surface area contributed by atoms with Gasteiger partial charge in [0.1, 0.15) is 5.57 Å². The van der Waals surface area contributed by atoms with E-state index < -0.39 is 5.54 Å². The van der Waals surface area contributed by atoms with Crippen LogP contribution in [0.2, 0.25) is 0 Å². The van der Waals surface area contributed by atoms with Crippen LogP contribution in [-0.2, 0) is 5.54 Å². The normalized spacial score (nSPS) is 21.3. The number of nitrogens with zero attached hydrogens (tertiary/aromatic N) is 3. The maximum atomic E-state index is 2.77. The molecule has 3 atom stereocenters. The monoisotopic (exact) mass is 976 g/mol. The van der Waals surface area contributed by atoms with Gasteiger partial charge in [0.25, 0.3) is 0 Å². The Morgan fingerprint density at radius 2 is 0.961 bits per heavy atom. The van der Waals surface area contributed by atoms with E-state index in [9.17, 15) is 0 Å². The van der Waals surface area contributed by atoms with Crippen molar-refractivity contribution in [3.8, 4) is 89.4 Å². The van der Waals surface area contributed by atoms with Crippen LogP contribution in [-0.4, -0.2) is 0 Å². The number of hydrogen-bond donors (Lipinski definition) is 0. The fourth-order valence-corrected chi connectivity index (χ4v) is 14.9. The smallest absolute Gasteiger partial charge is 0.190 e. The van der Waals surface area contributed by atoms with E-state index in [4.69, 9.17) is 0 Å². The van der Waals surface area contributed by atoms with Gasteiger partial charge in [0, 0.05) is 59.2 Å². The summed E-state index contributed by atoms with van der Waals surface area (Å²) in [6.07, 6.45) is 15.1. The van der Waals surface area contributed by atoms with Crippen LogP contribution >= 0.6 is 0 Å². The third-order valence-corrected chi connectivity index (χ3v) is 18.1. The molecule has 0 N–H and O–H groups in total. The molecule has 6 heterocycles. The predicted molar refractivity (Wildman–Crippen MR) is 309 cm³/mol. The Labute approximate surface area is 447 Å². The van der Waals surface area contributed by atoms with Crippen molar-refractivity contribution in [2.45, 2.75) is 11.6 Å². The molecular formula is C74H46N3+3. The summed E-state index contributed by atoms with van der Waals surface area (Å²) in [4.78, 5) is 0. The van der Waals surface area contributed by atoms with Gasteiger partial charge < -0.3 is 0 Å². The molecule has 0 fully saturated rings. The zero-order chi connectivity index (χ0) is 50.1. The van der Waals surface area contributed by atoms with Crippen LogP contribution in [0.4, 0.5) is 0 Å². The van der Waals surface area contributed by atoms with E-state index in [-0.39, 0.29) is 12.0 Å². The number of fused-ring (bicyclic) bond motifs is 23. The van der Waals surface area contributed by atoms with Crippen LogP contribution < -0.4 is 13.7 Å². The van der Waals surface area contributed by atoms with E-state index in [1.54, 1.807) is 0 Å². The topological polar surface area (TPSA) is 11.6 Å². The first kappa shape index (κ1) is 41.5. The maximum absolute atomic E-state index is 2.77. The lowest BCUT2D eigenvalue weighted by atomic mass is 9.66. The lowest BCUT2D eigenvalue weighted by Gasteiger charge is -2.38. The minimum Gasteiger partial charge on any atom is -0.190 e. The van der Waals surface area contributed by atoms with Gasteiger partial charge in [-0.3, -0.25) is 0 Å². The van der Waals surface area contributed by atoms with E-state index in [0.29, 0.717) is 0 Å². The second kappa shape index (κ2) is 15.2. The Balaban J connectivity index is 1.09. The average Bonchev–Trinajstić information content (AvgIpc) is 4.26. The Morgan fingerprint density at radius 3 is 1.79 bits per heavy atom. The van der Waals surface area contributed by atoms with Crippen molar-refractivity contribution in [3.05, 3.63) is 301 Å². The van der Waals surface area contributed by atoms with Gasteiger partial charge >= 0.3 is 0 Å². The molecule has 77 heavy (non-hydrogen) atoms. The summed E-state index contributed by atoms with van der Waals surface area (Å²) >= 11 is 0. The van der Waals surface area contributed by atoms with Crippen LogP contribution in [0.1, 0.15) is 39.4 Å². The van der Waals surface area contributed by atoms with Crippen LogP contribution in [0, 0.1) is 5.92 Å². The molecule has 18 rings (SSSR count). The number of allylic oxidation sites excluding steroid dienone is 7. The zero-order valence-electron chi connectivity index (χ0n) is 41.9. The van der Waals surface area contributed by atoms with Crippen molar-refractivity contribution >= 4 is 28.0 Å². The van der Waals surface area contributed by atoms with Gasteiger partial charge in [0.2, 0.25) is 28.3 Å². The van der Waals surface area contributed by atoms with E-state index in [1.165, 1.54) is 151 Å². The molecule has 3 aliphatic heterocycles. The van der Waals surface area contributed by atoms with Gasteiger partial charge in [-0.2, -0.15) is 13.7 Å². The van der Waals surface area contributed by atoms with Crippen LogP contribution in [0.25, 0.3) is 117 Å². The summed E-state index contributed by atoms with van der Waals surface area (Å²) < 4.78 is 7.78. The Hall–Kier alpha value is -9.83. The van der Waals surface area contributed by atoms with Gasteiger partial charge in [-0.05, 0) is 144 Å². The quantitative estimate of drug-likeness (QED) is 0.153. The molecule has 1 spiro atoms. The second-order valence-corrected chi connectivity index (χ2v) is 21.7. The van der Waals surface area contributed by atoms with Crippen LogP contribution in [0.5, 0.6) is 0 Å². The Bertz CT molecular complexity index is 4620. The number of aromatic nitrogens is 3. The summed E-state index contributed by atoms with van der Waals surface area (Å²) in [6.45, 7) is 0. The van der Waals surface area contributed by atoms with Crippen molar-refractivity contribution in [3.63, 3.8) is 0 Å². The van der Waals surface area contributed by atoms with Gasteiger partial charge in [-0.1, -0.05) is 146 Å². The summed E-state index contributed by atoms with van der Waals surface area (Å²) in [5.74, 6) is -0.138. The number of benzene rings is 8. The van der Waals surface area contributed by atoms with Crippen LogP contribution in [0.15, 0.2) is 267 Å².